The number of hydrogen-bond acceptors (Lipinski definition) is 5. The van der Waals surface area contributed by atoms with Gasteiger partial charge in [-0.25, -0.2) is 13.1 Å². The maximum Gasteiger partial charge on any atom is 0.246 e. The predicted molar refractivity (Wildman–Crippen MR) is 128 cm³/mol. The molecule has 1 aromatic heterocycles. The molecule has 3 rings (SSSR count). The standard InChI is InChI=1S/C22H24BrNO4S2/c1-4-5-15-6-7-17(13-21(29-3)30(25,26)24-2)20(12-15)28-14-16-10-18-8-9-27-22(18)19(23)11-16/h6-13,24H,4-5,14H2,1-3H3. The van der Waals surface area contributed by atoms with E-state index < -0.39 is 10.0 Å². The molecule has 1 heterocycles. The van der Waals surface area contributed by atoms with E-state index in [4.69, 9.17) is 9.15 Å². The second-order valence-electron chi connectivity index (χ2n) is 6.70. The largest absolute Gasteiger partial charge is 0.488 e. The Bertz CT molecular complexity index is 1170. The van der Waals surface area contributed by atoms with Gasteiger partial charge in [0.05, 0.1) is 10.7 Å². The van der Waals surface area contributed by atoms with E-state index >= 15 is 0 Å². The van der Waals surface area contributed by atoms with E-state index in [9.17, 15) is 8.42 Å². The fourth-order valence-corrected chi connectivity index (χ4v) is 5.55. The Kier molecular flexibility index (Phi) is 7.68. The van der Waals surface area contributed by atoms with E-state index in [-0.39, 0.29) is 4.24 Å². The lowest BCUT2D eigenvalue weighted by Crippen LogP contribution is -2.18. The van der Waals surface area contributed by atoms with Crippen LogP contribution in [0.15, 0.2) is 55.8 Å². The number of hydrogen-bond donors (Lipinski definition) is 1. The van der Waals surface area contributed by atoms with Crippen molar-refractivity contribution in [2.75, 3.05) is 13.3 Å². The number of furan rings is 1. The van der Waals surface area contributed by atoms with Gasteiger partial charge in [-0.3, -0.25) is 0 Å². The maximum absolute atomic E-state index is 12.3. The van der Waals surface area contributed by atoms with E-state index in [2.05, 4.69) is 27.6 Å². The first kappa shape index (κ1) is 22.9. The van der Waals surface area contributed by atoms with Crippen LogP contribution < -0.4 is 9.46 Å². The zero-order valence-electron chi connectivity index (χ0n) is 17.1. The number of ether oxygens (including phenoxy) is 1. The molecular weight excluding hydrogens is 486 g/mol. The van der Waals surface area contributed by atoms with Crippen molar-refractivity contribution >= 4 is 54.8 Å². The first-order valence-electron chi connectivity index (χ1n) is 9.48. The number of halogens is 1. The van der Waals surface area contributed by atoms with Gasteiger partial charge in [-0.05, 0) is 77.1 Å². The van der Waals surface area contributed by atoms with Crippen LogP contribution in [0, 0.1) is 0 Å². The van der Waals surface area contributed by atoms with Crippen LogP contribution in [0.5, 0.6) is 5.75 Å². The van der Waals surface area contributed by atoms with Crippen molar-refractivity contribution in [2.45, 2.75) is 26.4 Å². The zero-order valence-corrected chi connectivity index (χ0v) is 20.3. The van der Waals surface area contributed by atoms with Crippen LogP contribution in [0.4, 0.5) is 0 Å². The summed E-state index contributed by atoms with van der Waals surface area (Å²) in [4.78, 5) is 0. The summed E-state index contributed by atoms with van der Waals surface area (Å²) in [5.74, 6) is 0.655. The highest BCUT2D eigenvalue weighted by Gasteiger charge is 2.16. The Labute approximate surface area is 190 Å². The molecule has 0 amide bonds. The Hall–Kier alpha value is -1.74. The molecule has 8 heteroatoms. The number of aryl methyl sites for hydroxylation is 1. The molecule has 0 saturated heterocycles. The number of fused-ring (bicyclic) bond motifs is 1. The summed E-state index contributed by atoms with van der Waals surface area (Å²) >= 11 is 4.71. The molecule has 0 unspecified atom stereocenters. The SMILES string of the molecule is CCCc1ccc(C=C(SC)S(=O)(=O)NC)c(OCc2cc(Br)c3occc3c2)c1. The molecule has 3 aromatic rings. The fraction of sp³-hybridized carbons (Fsp3) is 0.273. The van der Waals surface area contributed by atoms with Gasteiger partial charge >= 0.3 is 0 Å². The van der Waals surface area contributed by atoms with Crippen LogP contribution in [0.1, 0.15) is 30.0 Å². The molecule has 0 aliphatic carbocycles. The number of benzene rings is 2. The quantitative estimate of drug-likeness (QED) is 0.386. The minimum atomic E-state index is -3.53. The van der Waals surface area contributed by atoms with E-state index in [1.807, 2.05) is 36.4 Å². The molecule has 0 radical (unpaired) electrons. The summed E-state index contributed by atoms with van der Waals surface area (Å²) in [6, 6.07) is 11.8. The maximum atomic E-state index is 12.3. The van der Waals surface area contributed by atoms with Gasteiger partial charge in [0.2, 0.25) is 10.0 Å². The van der Waals surface area contributed by atoms with Gasteiger partial charge in [0.1, 0.15) is 22.2 Å². The summed E-state index contributed by atoms with van der Waals surface area (Å²) in [6.45, 7) is 2.47. The third kappa shape index (κ3) is 5.29. The van der Waals surface area contributed by atoms with Crippen molar-refractivity contribution in [1.82, 2.24) is 4.72 Å². The second-order valence-corrected chi connectivity index (χ2v) is 10.5. The third-order valence-corrected chi connectivity index (χ3v) is 8.04. The monoisotopic (exact) mass is 509 g/mol. The number of rotatable bonds is 9. The van der Waals surface area contributed by atoms with Gasteiger partial charge in [-0.15, -0.1) is 11.8 Å². The number of thioether (sulfide) groups is 1. The van der Waals surface area contributed by atoms with E-state index in [1.54, 1.807) is 18.6 Å². The smallest absolute Gasteiger partial charge is 0.246 e. The first-order valence-corrected chi connectivity index (χ1v) is 13.0. The number of nitrogens with one attached hydrogen (secondary N) is 1. The van der Waals surface area contributed by atoms with Gasteiger partial charge in [0.25, 0.3) is 0 Å². The highest BCUT2D eigenvalue weighted by Crippen LogP contribution is 2.31. The lowest BCUT2D eigenvalue weighted by Gasteiger charge is -2.13. The minimum absolute atomic E-state index is 0.237. The van der Waals surface area contributed by atoms with E-state index in [0.29, 0.717) is 12.4 Å². The van der Waals surface area contributed by atoms with Crippen LogP contribution in [-0.4, -0.2) is 21.7 Å². The van der Waals surface area contributed by atoms with Gasteiger partial charge in [-0.2, -0.15) is 0 Å². The van der Waals surface area contributed by atoms with Crippen LogP contribution in [0.25, 0.3) is 17.0 Å². The normalized spacial score (nSPS) is 12.5. The van der Waals surface area contributed by atoms with Crippen molar-refractivity contribution in [3.63, 3.8) is 0 Å². The highest BCUT2D eigenvalue weighted by atomic mass is 79.9. The van der Waals surface area contributed by atoms with E-state index in [1.165, 1.54) is 18.8 Å². The topological polar surface area (TPSA) is 68.5 Å². The van der Waals surface area contributed by atoms with Gasteiger partial charge in [0.15, 0.2) is 0 Å². The predicted octanol–water partition coefficient (Wildman–Crippen LogP) is 5.94. The van der Waals surface area contributed by atoms with Crippen molar-refractivity contribution in [3.8, 4) is 5.75 Å². The average molecular weight is 510 g/mol. The van der Waals surface area contributed by atoms with Crippen LogP contribution in [0.2, 0.25) is 0 Å². The van der Waals surface area contributed by atoms with Crippen molar-refractivity contribution in [3.05, 3.63) is 68.1 Å². The molecule has 0 atom stereocenters. The minimum Gasteiger partial charge on any atom is -0.488 e. The van der Waals surface area contributed by atoms with Crippen LogP contribution in [-0.2, 0) is 23.1 Å². The lowest BCUT2D eigenvalue weighted by atomic mass is 10.1. The molecular formula is C22H24BrNO4S2. The molecule has 5 nitrogen and oxygen atoms in total. The average Bonchev–Trinajstić information content (AvgIpc) is 3.21. The van der Waals surface area contributed by atoms with Gasteiger partial charge in [0, 0.05) is 10.9 Å². The Balaban J connectivity index is 1.95. The molecule has 0 fully saturated rings. The molecule has 30 heavy (non-hydrogen) atoms. The Morgan fingerprint density at radius 1 is 1.23 bits per heavy atom. The van der Waals surface area contributed by atoms with Crippen molar-refractivity contribution in [2.24, 2.45) is 0 Å². The van der Waals surface area contributed by atoms with Gasteiger partial charge < -0.3 is 9.15 Å². The molecule has 0 spiro atoms. The van der Waals surface area contributed by atoms with Crippen molar-refractivity contribution in [1.29, 1.82) is 0 Å². The second kappa shape index (κ2) is 10.0. The molecule has 0 saturated carbocycles. The highest BCUT2D eigenvalue weighted by molar-refractivity contribution is 9.10. The Morgan fingerprint density at radius 2 is 2.03 bits per heavy atom. The summed E-state index contributed by atoms with van der Waals surface area (Å²) < 4.78 is 39.7. The Morgan fingerprint density at radius 3 is 2.73 bits per heavy atom. The molecule has 2 aromatic carbocycles. The van der Waals surface area contributed by atoms with Crippen LogP contribution in [0.3, 0.4) is 0 Å². The number of sulfonamides is 1. The third-order valence-electron chi connectivity index (χ3n) is 4.58. The van der Waals surface area contributed by atoms with Crippen LogP contribution >= 0.6 is 27.7 Å². The molecule has 0 aliphatic rings. The van der Waals surface area contributed by atoms with E-state index in [0.717, 1.165) is 45.0 Å². The summed E-state index contributed by atoms with van der Waals surface area (Å²) in [5.41, 5.74) is 3.66. The lowest BCUT2D eigenvalue weighted by molar-refractivity contribution is 0.305. The zero-order chi connectivity index (χ0) is 21.7. The summed E-state index contributed by atoms with van der Waals surface area (Å²) in [5, 5.41) is 0.993. The first-order chi connectivity index (χ1) is 14.4. The van der Waals surface area contributed by atoms with Crippen molar-refractivity contribution < 1.29 is 17.6 Å². The molecule has 160 valence electrons. The molecule has 1 N–H and O–H groups in total. The molecule has 0 bridgehead atoms. The fourth-order valence-electron chi connectivity index (χ4n) is 3.08. The molecule has 0 aliphatic heterocycles. The summed E-state index contributed by atoms with van der Waals surface area (Å²) in [7, 11) is -2.13. The summed E-state index contributed by atoms with van der Waals surface area (Å²) in [6.07, 6.45) is 6.99. The van der Waals surface area contributed by atoms with Gasteiger partial charge in [-0.1, -0.05) is 25.5 Å².